The molecule has 140 valence electrons. The molecule has 0 saturated carbocycles. The van der Waals surface area contributed by atoms with Crippen LogP contribution in [0.4, 0.5) is 19.3 Å². The van der Waals surface area contributed by atoms with Crippen LogP contribution in [-0.4, -0.2) is 59.1 Å². The number of H-pyrrole nitrogens is 1. The summed E-state index contributed by atoms with van der Waals surface area (Å²) in [6, 6.07) is 6.40. The molecular formula is C17H20F2N4O3. The molecule has 1 aromatic heterocycles. The summed E-state index contributed by atoms with van der Waals surface area (Å²) in [7, 11) is 1.53. The Hall–Kier alpha value is -2.68. The van der Waals surface area contributed by atoms with Crippen molar-refractivity contribution in [1.82, 2.24) is 15.2 Å². The number of carbonyl (C=O) groups excluding carboxylic acids is 2. The number of rotatable bonds is 3. The number of urea groups is 1. The smallest absolute Gasteiger partial charge is 0.321 e. The second kappa shape index (κ2) is 6.91. The number of anilines is 1. The SMILES string of the molecule is CNC(=O)c1cc2cc(NC(=O)N3CCC(O)(C(F)F)CC3)ccc2[nH]1. The van der Waals surface area contributed by atoms with Crippen LogP contribution in [-0.2, 0) is 0 Å². The third-order valence-corrected chi connectivity index (χ3v) is 4.67. The molecule has 0 aliphatic carbocycles. The van der Waals surface area contributed by atoms with Crippen LogP contribution >= 0.6 is 0 Å². The Balaban J connectivity index is 1.67. The van der Waals surface area contributed by atoms with Crippen LogP contribution in [0.1, 0.15) is 23.3 Å². The number of aromatic amines is 1. The predicted molar refractivity (Wildman–Crippen MR) is 92.5 cm³/mol. The average molecular weight is 366 g/mol. The van der Waals surface area contributed by atoms with E-state index < -0.39 is 18.1 Å². The Morgan fingerprint density at radius 1 is 1.27 bits per heavy atom. The molecule has 1 fully saturated rings. The number of hydrogen-bond acceptors (Lipinski definition) is 3. The fourth-order valence-corrected chi connectivity index (χ4v) is 2.99. The van der Waals surface area contributed by atoms with Gasteiger partial charge in [-0.1, -0.05) is 0 Å². The van der Waals surface area contributed by atoms with Crippen molar-refractivity contribution < 1.29 is 23.5 Å². The van der Waals surface area contributed by atoms with E-state index in [4.69, 9.17) is 0 Å². The molecule has 4 N–H and O–H groups in total. The highest BCUT2D eigenvalue weighted by Crippen LogP contribution is 2.29. The maximum Gasteiger partial charge on any atom is 0.321 e. The molecular weight excluding hydrogens is 346 g/mol. The number of hydrogen-bond donors (Lipinski definition) is 4. The molecule has 0 bridgehead atoms. The Labute approximate surface area is 148 Å². The molecule has 3 rings (SSSR count). The number of piperidine rings is 1. The first kappa shape index (κ1) is 18.1. The molecule has 3 amide bonds. The van der Waals surface area contributed by atoms with E-state index in [2.05, 4.69) is 15.6 Å². The molecule has 2 aromatic rings. The lowest BCUT2D eigenvalue weighted by molar-refractivity contribution is -0.121. The van der Waals surface area contributed by atoms with E-state index in [1.807, 2.05) is 0 Å². The van der Waals surface area contributed by atoms with Crippen LogP contribution in [0.3, 0.4) is 0 Å². The number of nitrogens with zero attached hydrogens (tertiary/aromatic N) is 1. The van der Waals surface area contributed by atoms with Gasteiger partial charge in [0.2, 0.25) is 0 Å². The number of alkyl halides is 2. The summed E-state index contributed by atoms with van der Waals surface area (Å²) in [5, 5.41) is 15.8. The summed E-state index contributed by atoms with van der Waals surface area (Å²) >= 11 is 0. The third-order valence-electron chi connectivity index (χ3n) is 4.67. The van der Waals surface area contributed by atoms with Gasteiger partial charge in [-0.3, -0.25) is 4.79 Å². The van der Waals surface area contributed by atoms with Crippen molar-refractivity contribution in [2.24, 2.45) is 0 Å². The Kier molecular flexibility index (Phi) is 4.82. The van der Waals surface area contributed by atoms with Crippen molar-refractivity contribution in [2.45, 2.75) is 24.9 Å². The fraction of sp³-hybridized carbons (Fsp3) is 0.412. The third kappa shape index (κ3) is 3.48. The molecule has 9 heteroatoms. The van der Waals surface area contributed by atoms with Gasteiger partial charge in [0.05, 0.1) is 0 Å². The van der Waals surface area contributed by atoms with Crippen molar-refractivity contribution in [1.29, 1.82) is 0 Å². The number of benzene rings is 1. The topological polar surface area (TPSA) is 97.5 Å². The lowest BCUT2D eigenvalue weighted by atomic mass is 9.92. The monoisotopic (exact) mass is 366 g/mol. The quantitative estimate of drug-likeness (QED) is 0.670. The van der Waals surface area contributed by atoms with Crippen molar-refractivity contribution in [3.8, 4) is 0 Å². The van der Waals surface area contributed by atoms with Gasteiger partial charge in [0.25, 0.3) is 12.3 Å². The van der Waals surface area contributed by atoms with Gasteiger partial charge in [-0.25, -0.2) is 13.6 Å². The van der Waals surface area contributed by atoms with Gasteiger partial charge in [-0.15, -0.1) is 0 Å². The van der Waals surface area contributed by atoms with Crippen LogP contribution in [0, 0.1) is 0 Å². The van der Waals surface area contributed by atoms with Gasteiger partial charge < -0.3 is 25.6 Å². The lowest BCUT2D eigenvalue weighted by Crippen LogP contribution is -2.51. The van der Waals surface area contributed by atoms with E-state index in [-0.39, 0.29) is 31.8 Å². The van der Waals surface area contributed by atoms with Crippen molar-refractivity contribution in [2.75, 3.05) is 25.5 Å². The zero-order valence-electron chi connectivity index (χ0n) is 14.2. The van der Waals surface area contributed by atoms with E-state index in [9.17, 15) is 23.5 Å². The van der Waals surface area contributed by atoms with Crippen LogP contribution in [0.2, 0.25) is 0 Å². The minimum atomic E-state index is -2.82. The zero-order valence-corrected chi connectivity index (χ0v) is 14.2. The predicted octanol–water partition coefficient (Wildman–Crippen LogP) is 2.15. The van der Waals surface area contributed by atoms with Gasteiger partial charge in [0, 0.05) is 36.7 Å². The fourth-order valence-electron chi connectivity index (χ4n) is 2.99. The molecule has 0 radical (unpaired) electrons. The van der Waals surface area contributed by atoms with Crippen molar-refractivity contribution in [3.63, 3.8) is 0 Å². The maximum atomic E-state index is 12.8. The first-order valence-electron chi connectivity index (χ1n) is 8.24. The number of amides is 3. The number of nitrogens with one attached hydrogen (secondary N) is 3. The molecule has 1 aliphatic rings. The van der Waals surface area contributed by atoms with Gasteiger partial charge in [0.15, 0.2) is 0 Å². The molecule has 26 heavy (non-hydrogen) atoms. The number of carbonyl (C=O) groups is 2. The second-order valence-electron chi connectivity index (χ2n) is 6.39. The molecule has 0 unspecified atom stereocenters. The number of aromatic nitrogens is 1. The first-order chi connectivity index (χ1) is 12.3. The van der Waals surface area contributed by atoms with E-state index in [1.54, 1.807) is 24.3 Å². The molecule has 1 saturated heterocycles. The maximum absolute atomic E-state index is 12.8. The molecule has 1 aromatic carbocycles. The number of likely N-dealkylation sites (tertiary alicyclic amines) is 1. The van der Waals surface area contributed by atoms with Crippen LogP contribution in [0.5, 0.6) is 0 Å². The number of fused-ring (bicyclic) bond motifs is 1. The van der Waals surface area contributed by atoms with Gasteiger partial charge in [0.1, 0.15) is 11.3 Å². The Bertz CT molecular complexity index is 829. The van der Waals surface area contributed by atoms with Crippen LogP contribution < -0.4 is 10.6 Å². The van der Waals surface area contributed by atoms with E-state index in [0.29, 0.717) is 11.4 Å². The largest absolute Gasteiger partial charge is 0.384 e. The van der Waals surface area contributed by atoms with Gasteiger partial charge in [-0.05, 0) is 37.1 Å². The highest BCUT2D eigenvalue weighted by atomic mass is 19.3. The van der Waals surface area contributed by atoms with Crippen molar-refractivity contribution >= 4 is 28.5 Å². The normalized spacial score (nSPS) is 16.7. The van der Waals surface area contributed by atoms with Crippen LogP contribution in [0.15, 0.2) is 24.3 Å². The first-order valence-corrected chi connectivity index (χ1v) is 8.24. The molecule has 0 spiro atoms. The minimum absolute atomic E-state index is 0.0554. The van der Waals surface area contributed by atoms with Crippen LogP contribution in [0.25, 0.3) is 10.9 Å². The molecule has 7 nitrogen and oxygen atoms in total. The van der Waals surface area contributed by atoms with E-state index in [0.717, 1.165) is 10.9 Å². The van der Waals surface area contributed by atoms with Crippen molar-refractivity contribution in [3.05, 3.63) is 30.0 Å². The van der Waals surface area contributed by atoms with E-state index in [1.165, 1.54) is 11.9 Å². The summed E-state index contributed by atoms with van der Waals surface area (Å²) in [6.07, 6.45) is -3.15. The summed E-state index contributed by atoms with van der Waals surface area (Å²) in [4.78, 5) is 28.4. The summed E-state index contributed by atoms with van der Waals surface area (Å²) in [5.41, 5.74) is -0.327. The summed E-state index contributed by atoms with van der Waals surface area (Å²) in [6.45, 7) is 0.111. The molecule has 1 aliphatic heterocycles. The summed E-state index contributed by atoms with van der Waals surface area (Å²) < 4.78 is 25.6. The highest BCUT2D eigenvalue weighted by Gasteiger charge is 2.41. The standard InChI is InChI=1S/C17H20F2N4O3/c1-20-14(24)13-9-10-8-11(2-3-12(10)22-13)21-16(25)23-6-4-17(26,5-7-23)15(18)19/h2-3,8-9,15,22,26H,4-7H2,1H3,(H,20,24)(H,21,25). The number of aliphatic hydroxyl groups is 1. The minimum Gasteiger partial charge on any atom is -0.384 e. The molecule has 0 atom stereocenters. The number of halogens is 2. The second-order valence-corrected chi connectivity index (χ2v) is 6.39. The lowest BCUT2D eigenvalue weighted by Gasteiger charge is -2.37. The average Bonchev–Trinajstić information content (AvgIpc) is 3.04. The Morgan fingerprint density at radius 3 is 2.58 bits per heavy atom. The Morgan fingerprint density at radius 2 is 1.96 bits per heavy atom. The zero-order chi connectivity index (χ0) is 18.9. The highest BCUT2D eigenvalue weighted by molar-refractivity contribution is 5.99. The summed E-state index contributed by atoms with van der Waals surface area (Å²) in [5.74, 6) is -0.244. The van der Waals surface area contributed by atoms with Gasteiger partial charge in [-0.2, -0.15) is 0 Å². The van der Waals surface area contributed by atoms with Gasteiger partial charge >= 0.3 is 6.03 Å². The van der Waals surface area contributed by atoms with E-state index >= 15 is 0 Å². The molecule has 2 heterocycles.